The van der Waals surface area contributed by atoms with Crippen molar-refractivity contribution in [3.8, 4) is 0 Å². The number of hydrogen-bond donors (Lipinski definition) is 0. The van der Waals surface area contributed by atoms with Gasteiger partial charge in [0.25, 0.3) is 5.91 Å². The number of aryl methyl sites for hydroxylation is 2. The average molecular weight is 354 g/mol. The van der Waals surface area contributed by atoms with E-state index in [1.54, 1.807) is 17.9 Å². The number of rotatable bonds is 4. The van der Waals surface area contributed by atoms with Crippen LogP contribution in [0.3, 0.4) is 0 Å². The molecule has 0 bridgehead atoms. The number of halogens is 1. The lowest BCUT2D eigenvalue weighted by Gasteiger charge is -2.35. The first-order valence-electron chi connectivity index (χ1n) is 8.92. The van der Waals surface area contributed by atoms with Crippen LogP contribution in [-0.2, 0) is 11.2 Å². The van der Waals surface area contributed by atoms with Gasteiger partial charge in [-0.1, -0.05) is 30.3 Å². The number of carbonyl (C=O) groups excluding carboxylic acids is 2. The second kappa shape index (κ2) is 8.13. The van der Waals surface area contributed by atoms with Crippen LogP contribution in [-0.4, -0.2) is 47.8 Å². The molecule has 0 aromatic heterocycles. The third-order valence-electron chi connectivity index (χ3n) is 4.79. The fraction of sp³-hybridized carbons (Fsp3) is 0.333. The largest absolute Gasteiger partial charge is 0.339 e. The summed E-state index contributed by atoms with van der Waals surface area (Å²) in [5.41, 5.74) is 2.11. The maximum atomic E-state index is 13.4. The van der Waals surface area contributed by atoms with Gasteiger partial charge < -0.3 is 9.80 Å². The molecule has 0 unspecified atom stereocenters. The van der Waals surface area contributed by atoms with Crippen molar-refractivity contribution in [1.82, 2.24) is 9.80 Å². The van der Waals surface area contributed by atoms with Crippen LogP contribution < -0.4 is 0 Å². The van der Waals surface area contributed by atoms with Crippen LogP contribution in [0.1, 0.15) is 27.9 Å². The molecule has 136 valence electrons. The quantitative estimate of drug-likeness (QED) is 0.847. The lowest BCUT2D eigenvalue weighted by atomic mass is 10.1. The Morgan fingerprint density at radius 1 is 0.962 bits per heavy atom. The summed E-state index contributed by atoms with van der Waals surface area (Å²) in [6, 6.07) is 14.4. The van der Waals surface area contributed by atoms with Gasteiger partial charge >= 0.3 is 0 Å². The molecule has 1 saturated heterocycles. The van der Waals surface area contributed by atoms with Crippen LogP contribution in [0, 0.1) is 12.7 Å². The fourth-order valence-corrected chi connectivity index (χ4v) is 3.17. The smallest absolute Gasteiger partial charge is 0.253 e. The highest BCUT2D eigenvalue weighted by atomic mass is 19.1. The van der Waals surface area contributed by atoms with E-state index >= 15 is 0 Å². The third kappa shape index (κ3) is 4.28. The van der Waals surface area contributed by atoms with Gasteiger partial charge in [-0.05, 0) is 42.7 Å². The topological polar surface area (TPSA) is 40.6 Å². The molecule has 1 fully saturated rings. The van der Waals surface area contributed by atoms with Gasteiger partial charge in [-0.3, -0.25) is 9.59 Å². The molecule has 2 aromatic rings. The van der Waals surface area contributed by atoms with Gasteiger partial charge in [0.1, 0.15) is 5.82 Å². The third-order valence-corrected chi connectivity index (χ3v) is 4.79. The highest BCUT2D eigenvalue weighted by molar-refractivity contribution is 5.94. The van der Waals surface area contributed by atoms with Crippen molar-refractivity contribution in [1.29, 1.82) is 0 Å². The van der Waals surface area contributed by atoms with Crippen molar-refractivity contribution >= 4 is 11.8 Å². The molecule has 2 aromatic carbocycles. The standard InChI is InChI=1S/C21H23FN2O2/c1-16-15-18(8-9-19(16)22)21(26)24-13-11-23(12-14-24)20(25)10-7-17-5-3-2-4-6-17/h2-6,8-9,15H,7,10-14H2,1H3. The summed E-state index contributed by atoms with van der Waals surface area (Å²) < 4.78 is 13.4. The zero-order valence-corrected chi connectivity index (χ0v) is 15.0. The number of piperazine rings is 1. The molecule has 3 rings (SSSR count). The Labute approximate surface area is 153 Å². The molecule has 4 nitrogen and oxygen atoms in total. The Balaban J connectivity index is 1.51. The number of benzene rings is 2. The molecular formula is C21H23FN2O2. The number of amides is 2. The van der Waals surface area contributed by atoms with E-state index in [0.29, 0.717) is 43.7 Å². The first-order valence-corrected chi connectivity index (χ1v) is 8.92. The van der Waals surface area contributed by atoms with Gasteiger partial charge in [-0.25, -0.2) is 4.39 Å². The van der Waals surface area contributed by atoms with Crippen LogP contribution in [0.4, 0.5) is 4.39 Å². The normalized spacial score (nSPS) is 14.4. The molecule has 2 amide bonds. The Hall–Kier alpha value is -2.69. The molecular weight excluding hydrogens is 331 g/mol. The van der Waals surface area contributed by atoms with E-state index in [2.05, 4.69) is 0 Å². The van der Waals surface area contributed by atoms with E-state index in [0.717, 1.165) is 12.0 Å². The molecule has 5 heteroatoms. The van der Waals surface area contributed by atoms with Crippen LogP contribution in [0.2, 0.25) is 0 Å². The predicted octanol–water partition coefficient (Wildman–Crippen LogP) is 3.05. The van der Waals surface area contributed by atoms with Crippen molar-refractivity contribution in [3.05, 3.63) is 71.0 Å². The van der Waals surface area contributed by atoms with Crippen molar-refractivity contribution in [2.24, 2.45) is 0 Å². The highest BCUT2D eigenvalue weighted by Crippen LogP contribution is 2.14. The molecule has 1 aliphatic rings. The lowest BCUT2D eigenvalue weighted by Crippen LogP contribution is -2.50. The average Bonchev–Trinajstić information content (AvgIpc) is 2.68. The van der Waals surface area contributed by atoms with E-state index in [1.165, 1.54) is 12.1 Å². The molecule has 0 atom stereocenters. The summed E-state index contributed by atoms with van der Waals surface area (Å²) in [5, 5.41) is 0. The predicted molar refractivity (Wildman–Crippen MR) is 98.4 cm³/mol. The summed E-state index contributed by atoms with van der Waals surface area (Å²) in [5.74, 6) is -0.293. The monoisotopic (exact) mass is 354 g/mol. The summed E-state index contributed by atoms with van der Waals surface area (Å²) in [6.07, 6.45) is 1.21. The van der Waals surface area contributed by atoms with Crippen molar-refractivity contribution in [3.63, 3.8) is 0 Å². The summed E-state index contributed by atoms with van der Waals surface area (Å²) >= 11 is 0. The Morgan fingerprint density at radius 3 is 2.27 bits per heavy atom. The van der Waals surface area contributed by atoms with Gasteiger partial charge in [0, 0.05) is 38.2 Å². The van der Waals surface area contributed by atoms with E-state index in [1.807, 2.05) is 35.2 Å². The second-order valence-corrected chi connectivity index (χ2v) is 6.62. The zero-order chi connectivity index (χ0) is 18.5. The summed E-state index contributed by atoms with van der Waals surface area (Å²) in [6.45, 7) is 3.74. The van der Waals surface area contributed by atoms with E-state index < -0.39 is 0 Å². The van der Waals surface area contributed by atoms with E-state index in [-0.39, 0.29) is 17.6 Å². The molecule has 1 aliphatic heterocycles. The minimum atomic E-state index is -0.310. The Morgan fingerprint density at radius 2 is 1.62 bits per heavy atom. The maximum absolute atomic E-state index is 13.4. The van der Waals surface area contributed by atoms with Crippen molar-refractivity contribution < 1.29 is 14.0 Å². The zero-order valence-electron chi connectivity index (χ0n) is 15.0. The van der Waals surface area contributed by atoms with Gasteiger partial charge in [0.15, 0.2) is 0 Å². The molecule has 0 saturated carbocycles. The van der Waals surface area contributed by atoms with Gasteiger partial charge in [-0.15, -0.1) is 0 Å². The van der Waals surface area contributed by atoms with Crippen molar-refractivity contribution in [2.45, 2.75) is 19.8 Å². The van der Waals surface area contributed by atoms with Crippen LogP contribution in [0.25, 0.3) is 0 Å². The first kappa shape index (κ1) is 18.1. The maximum Gasteiger partial charge on any atom is 0.253 e. The van der Waals surface area contributed by atoms with Crippen LogP contribution in [0.15, 0.2) is 48.5 Å². The summed E-state index contributed by atoms with van der Waals surface area (Å²) in [4.78, 5) is 28.5. The molecule has 26 heavy (non-hydrogen) atoms. The SMILES string of the molecule is Cc1cc(C(=O)N2CCN(C(=O)CCc3ccccc3)CC2)ccc1F. The highest BCUT2D eigenvalue weighted by Gasteiger charge is 2.24. The van der Waals surface area contributed by atoms with Gasteiger partial charge in [-0.2, -0.15) is 0 Å². The van der Waals surface area contributed by atoms with Crippen molar-refractivity contribution in [2.75, 3.05) is 26.2 Å². The first-order chi connectivity index (χ1) is 12.5. The van der Waals surface area contributed by atoms with Crippen LogP contribution in [0.5, 0.6) is 0 Å². The van der Waals surface area contributed by atoms with Crippen LogP contribution >= 0.6 is 0 Å². The molecule has 0 N–H and O–H groups in total. The van der Waals surface area contributed by atoms with Gasteiger partial charge in [0.2, 0.25) is 5.91 Å². The Kier molecular flexibility index (Phi) is 5.66. The molecule has 1 heterocycles. The second-order valence-electron chi connectivity index (χ2n) is 6.62. The fourth-order valence-electron chi connectivity index (χ4n) is 3.17. The minimum Gasteiger partial charge on any atom is -0.339 e. The molecule has 0 spiro atoms. The van der Waals surface area contributed by atoms with E-state index in [4.69, 9.17) is 0 Å². The number of carbonyl (C=O) groups is 2. The summed E-state index contributed by atoms with van der Waals surface area (Å²) in [7, 11) is 0. The molecule has 0 aliphatic carbocycles. The number of nitrogens with zero attached hydrogens (tertiary/aromatic N) is 2. The molecule has 0 radical (unpaired) electrons. The minimum absolute atomic E-state index is 0.107. The Bertz CT molecular complexity index is 784. The van der Waals surface area contributed by atoms with E-state index in [9.17, 15) is 14.0 Å². The van der Waals surface area contributed by atoms with Gasteiger partial charge in [0.05, 0.1) is 0 Å². The number of hydrogen-bond acceptors (Lipinski definition) is 2. The lowest BCUT2D eigenvalue weighted by molar-refractivity contribution is -0.132.